The Morgan fingerprint density at radius 3 is 2.36 bits per heavy atom. The van der Waals surface area contributed by atoms with E-state index in [1.165, 1.54) is 32.1 Å². The summed E-state index contributed by atoms with van der Waals surface area (Å²) in [4.78, 5) is 24.1. The van der Waals surface area contributed by atoms with Gasteiger partial charge in [-0.25, -0.2) is 4.79 Å². The van der Waals surface area contributed by atoms with Gasteiger partial charge in [0.05, 0.1) is 0 Å². The van der Waals surface area contributed by atoms with Crippen LogP contribution in [0.4, 0.5) is 10.5 Å². The molecule has 1 atom stereocenters. The molecule has 2 aromatic rings. The monoisotopic (exact) mass is 385 g/mol. The molecular weight excluding hydrogens is 354 g/mol. The van der Waals surface area contributed by atoms with Crippen LogP contribution in [-0.2, 0) is 17.8 Å². The van der Waals surface area contributed by atoms with Gasteiger partial charge in [-0.1, -0.05) is 69.4 Å². The van der Waals surface area contributed by atoms with Gasteiger partial charge in [0.15, 0.2) is 0 Å². The van der Waals surface area contributed by atoms with E-state index in [4.69, 9.17) is 5.73 Å². The lowest BCUT2D eigenvalue weighted by Gasteiger charge is -2.21. The van der Waals surface area contributed by atoms with Crippen LogP contribution in [0.2, 0.25) is 0 Å². The van der Waals surface area contributed by atoms with Crippen LogP contribution in [0, 0.1) is 5.92 Å². The molecule has 4 N–H and O–H groups in total. The minimum absolute atomic E-state index is 0.000556. The highest BCUT2D eigenvalue weighted by atomic mass is 16.5. The molecule has 6 heteroatoms. The van der Waals surface area contributed by atoms with Gasteiger partial charge in [-0.3, -0.25) is 4.79 Å². The number of carbonyl (C=O) groups excluding carboxylic acids is 1. The van der Waals surface area contributed by atoms with E-state index in [-0.39, 0.29) is 12.2 Å². The van der Waals surface area contributed by atoms with E-state index in [0.29, 0.717) is 5.92 Å². The zero-order chi connectivity index (χ0) is 20.2. The van der Waals surface area contributed by atoms with Gasteiger partial charge in [0.25, 0.3) is 5.56 Å². The number of amides is 1. The van der Waals surface area contributed by atoms with Crippen molar-refractivity contribution in [1.82, 2.24) is 4.98 Å². The molecule has 6 nitrogen and oxygen atoms in total. The molecule has 2 heterocycles. The molecule has 1 saturated carbocycles. The van der Waals surface area contributed by atoms with Gasteiger partial charge >= 0.3 is 6.09 Å². The number of fused-ring (bicyclic) bond motifs is 1. The number of ether oxygens (including phenoxy) is 1. The van der Waals surface area contributed by atoms with E-state index in [2.05, 4.69) is 22.0 Å². The average Bonchev–Trinajstić information content (AvgIpc) is 3.28. The highest BCUT2D eigenvalue weighted by molar-refractivity contribution is 5.64. The summed E-state index contributed by atoms with van der Waals surface area (Å²) in [7, 11) is 0. The Labute approximate surface area is 166 Å². The van der Waals surface area contributed by atoms with E-state index in [1.54, 1.807) is 6.20 Å². The summed E-state index contributed by atoms with van der Waals surface area (Å²) in [5.74, 6) is 0.624. The first-order chi connectivity index (χ1) is 13.6. The molecule has 1 aromatic carbocycles. The first kappa shape index (κ1) is 21.5. The summed E-state index contributed by atoms with van der Waals surface area (Å²) in [5, 5.41) is 3.14. The van der Waals surface area contributed by atoms with Crippen LogP contribution in [0.3, 0.4) is 0 Å². The second-order valence-electron chi connectivity index (χ2n) is 7.26. The SMILES string of the molecule is C1CCCC1.CC1CNc2c(cc[nH]c2=O)C1.NC(=O)OCc1ccccc1. The van der Waals surface area contributed by atoms with Crippen LogP contribution >= 0.6 is 0 Å². The summed E-state index contributed by atoms with van der Waals surface area (Å²) >= 11 is 0. The Bertz CT molecular complexity index is 762. The molecule has 0 bridgehead atoms. The topological polar surface area (TPSA) is 97.2 Å². The minimum atomic E-state index is -0.742. The van der Waals surface area contributed by atoms with E-state index in [9.17, 15) is 9.59 Å². The van der Waals surface area contributed by atoms with Crippen molar-refractivity contribution in [3.05, 3.63) is 64.1 Å². The quantitative estimate of drug-likeness (QED) is 0.721. The van der Waals surface area contributed by atoms with Gasteiger partial charge in [-0.05, 0) is 29.5 Å². The molecule has 1 aliphatic carbocycles. The predicted octanol–water partition coefficient (Wildman–Crippen LogP) is 4.21. The van der Waals surface area contributed by atoms with Crippen molar-refractivity contribution in [2.75, 3.05) is 11.9 Å². The molecule has 1 amide bonds. The van der Waals surface area contributed by atoms with Crippen molar-refractivity contribution >= 4 is 11.8 Å². The zero-order valence-corrected chi connectivity index (χ0v) is 16.6. The third-order valence-electron chi connectivity index (χ3n) is 4.72. The van der Waals surface area contributed by atoms with Crippen molar-refractivity contribution in [3.8, 4) is 0 Å². The summed E-state index contributed by atoms with van der Waals surface area (Å²) in [5.41, 5.74) is 7.61. The molecule has 1 aromatic heterocycles. The number of benzene rings is 1. The molecule has 1 fully saturated rings. The van der Waals surface area contributed by atoms with Gasteiger partial charge in [0.2, 0.25) is 0 Å². The first-order valence-corrected chi connectivity index (χ1v) is 9.97. The number of H-pyrrole nitrogens is 1. The van der Waals surface area contributed by atoms with Crippen LogP contribution in [0.25, 0.3) is 0 Å². The van der Waals surface area contributed by atoms with Crippen molar-refractivity contribution in [2.45, 2.75) is 52.1 Å². The van der Waals surface area contributed by atoms with Gasteiger partial charge in [-0.2, -0.15) is 0 Å². The lowest BCUT2D eigenvalue weighted by Crippen LogP contribution is -2.26. The highest BCUT2D eigenvalue weighted by Crippen LogP contribution is 2.19. The number of hydrogen-bond donors (Lipinski definition) is 3. The largest absolute Gasteiger partial charge is 0.445 e. The van der Waals surface area contributed by atoms with Gasteiger partial charge in [-0.15, -0.1) is 0 Å². The smallest absolute Gasteiger partial charge is 0.404 e. The number of anilines is 1. The molecule has 1 unspecified atom stereocenters. The standard InChI is InChI=1S/C9H12N2O.C8H9NO2.C5H10/c1-6-4-7-2-3-10-9(12)8(7)11-5-6;9-8(10)11-6-7-4-2-1-3-5-7;1-2-4-5-3-1/h2-3,6,11H,4-5H2,1H3,(H,10,12);1-5H,6H2,(H2,9,10);1-5H2. The molecule has 0 saturated heterocycles. The molecule has 2 aliphatic rings. The Balaban J connectivity index is 0.000000162. The predicted molar refractivity (Wildman–Crippen MR) is 112 cm³/mol. The van der Waals surface area contributed by atoms with Gasteiger partial charge in [0, 0.05) is 12.7 Å². The Morgan fingerprint density at radius 2 is 1.75 bits per heavy atom. The molecule has 0 spiro atoms. The molecule has 1 aliphatic heterocycles. The fourth-order valence-electron chi connectivity index (χ4n) is 3.22. The molecular formula is C22H31N3O3. The van der Waals surface area contributed by atoms with Crippen molar-refractivity contribution in [2.24, 2.45) is 11.7 Å². The lowest BCUT2D eigenvalue weighted by atomic mass is 9.97. The van der Waals surface area contributed by atoms with Crippen LogP contribution in [-0.4, -0.2) is 17.6 Å². The summed E-state index contributed by atoms with van der Waals surface area (Å²) in [6.45, 7) is 3.33. The molecule has 152 valence electrons. The number of nitrogens with one attached hydrogen (secondary N) is 2. The van der Waals surface area contributed by atoms with Crippen LogP contribution in [0.15, 0.2) is 47.4 Å². The maximum absolute atomic E-state index is 11.3. The zero-order valence-electron chi connectivity index (χ0n) is 16.6. The van der Waals surface area contributed by atoms with E-state index < -0.39 is 6.09 Å². The number of carbonyl (C=O) groups is 1. The maximum atomic E-state index is 11.3. The number of pyridine rings is 1. The molecule has 0 radical (unpaired) electrons. The summed E-state index contributed by atoms with van der Waals surface area (Å²) < 4.78 is 4.57. The fourth-order valence-corrected chi connectivity index (χ4v) is 3.22. The van der Waals surface area contributed by atoms with Crippen molar-refractivity contribution in [1.29, 1.82) is 0 Å². The highest BCUT2D eigenvalue weighted by Gasteiger charge is 2.15. The molecule has 28 heavy (non-hydrogen) atoms. The fraction of sp³-hybridized carbons (Fsp3) is 0.455. The van der Waals surface area contributed by atoms with Crippen LogP contribution in [0.5, 0.6) is 0 Å². The van der Waals surface area contributed by atoms with Gasteiger partial charge in [0.1, 0.15) is 12.3 Å². The molecule has 4 rings (SSSR count). The Hall–Kier alpha value is -2.76. The first-order valence-electron chi connectivity index (χ1n) is 9.97. The number of rotatable bonds is 2. The third-order valence-corrected chi connectivity index (χ3v) is 4.72. The summed E-state index contributed by atoms with van der Waals surface area (Å²) in [6.07, 6.45) is 9.47. The van der Waals surface area contributed by atoms with E-state index in [0.717, 1.165) is 29.8 Å². The van der Waals surface area contributed by atoms with Crippen LogP contribution in [0.1, 0.15) is 50.2 Å². The number of hydrogen-bond acceptors (Lipinski definition) is 4. The Kier molecular flexibility index (Phi) is 9.11. The normalized spacial score (nSPS) is 17.0. The van der Waals surface area contributed by atoms with Crippen molar-refractivity contribution in [3.63, 3.8) is 0 Å². The van der Waals surface area contributed by atoms with E-state index >= 15 is 0 Å². The average molecular weight is 386 g/mol. The third kappa shape index (κ3) is 7.86. The maximum Gasteiger partial charge on any atom is 0.404 e. The number of primary amides is 1. The number of aromatic amines is 1. The minimum Gasteiger partial charge on any atom is -0.445 e. The Morgan fingerprint density at radius 1 is 1.11 bits per heavy atom. The number of nitrogens with two attached hydrogens (primary N) is 1. The van der Waals surface area contributed by atoms with Gasteiger partial charge < -0.3 is 20.8 Å². The van der Waals surface area contributed by atoms with E-state index in [1.807, 2.05) is 36.4 Å². The second kappa shape index (κ2) is 11.8. The van der Waals surface area contributed by atoms with Crippen LogP contribution < -0.4 is 16.6 Å². The second-order valence-corrected chi connectivity index (χ2v) is 7.26. The number of aromatic nitrogens is 1. The lowest BCUT2D eigenvalue weighted by molar-refractivity contribution is 0.150. The van der Waals surface area contributed by atoms with Crippen molar-refractivity contribution < 1.29 is 9.53 Å². The summed E-state index contributed by atoms with van der Waals surface area (Å²) in [6, 6.07) is 11.3.